The van der Waals surface area contributed by atoms with E-state index < -0.39 is 25.6 Å². The van der Waals surface area contributed by atoms with Gasteiger partial charge in [-0.2, -0.15) is 0 Å². The van der Waals surface area contributed by atoms with Gasteiger partial charge >= 0.3 is 17.1 Å². The van der Waals surface area contributed by atoms with Crippen LogP contribution in [-0.2, 0) is 17.5 Å². The summed E-state index contributed by atoms with van der Waals surface area (Å²) in [5.41, 5.74) is 0. The number of carbonyl (C=O) groups is 1. The fraction of sp³-hybridized carbons (Fsp3) is 0.900. The summed E-state index contributed by atoms with van der Waals surface area (Å²) in [7, 11) is -2.61. The van der Waals surface area contributed by atoms with E-state index >= 15 is 0 Å². The molecule has 0 aromatic carbocycles. The van der Waals surface area contributed by atoms with Gasteiger partial charge in [0.1, 0.15) is 0 Å². The van der Waals surface area contributed by atoms with Gasteiger partial charge in [-0.1, -0.05) is 0 Å². The first-order valence-electron chi connectivity index (χ1n) is 6.05. The summed E-state index contributed by atoms with van der Waals surface area (Å²) in [6.07, 6.45) is 0. The van der Waals surface area contributed by atoms with E-state index in [-0.39, 0.29) is 5.97 Å². The zero-order valence-electron chi connectivity index (χ0n) is 13.1. The summed E-state index contributed by atoms with van der Waals surface area (Å²) in [5.74, 6) is -0.291. The van der Waals surface area contributed by atoms with Crippen LogP contribution in [0.1, 0.15) is 6.92 Å². The van der Waals surface area contributed by atoms with Gasteiger partial charge in [-0.15, -0.1) is 0 Å². The van der Waals surface area contributed by atoms with Crippen molar-refractivity contribution in [2.75, 3.05) is 14.1 Å². The van der Waals surface area contributed by atoms with Gasteiger partial charge in [0.15, 0.2) is 0 Å². The van der Waals surface area contributed by atoms with Crippen LogP contribution in [0.2, 0.25) is 39.3 Å². The minimum Gasteiger partial charge on any atom is -0.495 e. The molecule has 18 heavy (non-hydrogen) atoms. The molecule has 0 aliphatic heterocycles. The van der Waals surface area contributed by atoms with Crippen LogP contribution >= 0.6 is 0 Å². The molecule has 0 saturated heterocycles. The normalized spacial score (nSPS) is 13.9. The molecule has 0 rings (SSSR count). The summed E-state index contributed by atoms with van der Waals surface area (Å²) < 4.78 is 19.7. The molecule has 108 valence electrons. The Bertz CT molecular complexity index is 305. The molecule has 0 spiro atoms. The van der Waals surface area contributed by atoms with Gasteiger partial charge in [-0.05, 0) is 53.4 Å². The van der Waals surface area contributed by atoms with Crippen LogP contribution in [0.5, 0.6) is 0 Å². The second-order valence-corrected chi connectivity index (χ2v) is 17.2. The lowest BCUT2D eigenvalue weighted by Crippen LogP contribution is -2.58. The standard InChI is InChI=1S/C10H27NO4Si3/c1-10(12)13-17(6,7)15-18(8,9)14-16(4,5)11(2)3/h1-9H3. The highest BCUT2D eigenvalue weighted by Crippen LogP contribution is 2.22. The van der Waals surface area contributed by atoms with Crippen molar-refractivity contribution < 1.29 is 17.5 Å². The molecule has 0 aliphatic carbocycles. The lowest BCUT2D eigenvalue weighted by Gasteiger charge is -2.40. The molecule has 0 fully saturated rings. The molecule has 0 aliphatic rings. The van der Waals surface area contributed by atoms with Crippen molar-refractivity contribution in [1.29, 1.82) is 0 Å². The highest BCUT2D eigenvalue weighted by atomic mass is 28.5. The average molecular weight is 310 g/mol. The van der Waals surface area contributed by atoms with Gasteiger partial charge in [-0.25, -0.2) is 0 Å². The molecule has 0 bridgehead atoms. The first-order valence-corrected chi connectivity index (χ1v) is 14.5. The molecule has 0 saturated carbocycles. The Labute approximate surface area is 114 Å². The molecule has 5 nitrogen and oxygen atoms in total. The summed E-state index contributed by atoms with van der Waals surface area (Å²) in [5, 5.41) is 0. The number of nitrogens with zero attached hydrogens (tertiary/aromatic N) is 1. The quantitative estimate of drug-likeness (QED) is 0.704. The molecule has 0 unspecified atom stereocenters. The van der Waals surface area contributed by atoms with Gasteiger partial charge in [0, 0.05) is 6.92 Å². The van der Waals surface area contributed by atoms with Crippen LogP contribution < -0.4 is 0 Å². The molecular weight excluding hydrogens is 282 g/mol. The van der Waals surface area contributed by atoms with Crippen LogP contribution in [0.25, 0.3) is 0 Å². The highest BCUT2D eigenvalue weighted by molar-refractivity contribution is 6.85. The van der Waals surface area contributed by atoms with Crippen molar-refractivity contribution in [3.63, 3.8) is 0 Å². The van der Waals surface area contributed by atoms with Crippen molar-refractivity contribution in [3.8, 4) is 0 Å². The van der Waals surface area contributed by atoms with E-state index in [4.69, 9.17) is 12.7 Å². The summed E-state index contributed by atoms with van der Waals surface area (Å²) in [6.45, 7) is 13.4. The predicted molar refractivity (Wildman–Crippen MR) is 80.1 cm³/mol. The minimum absolute atomic E-state index is 0.291. The van der Waals surface area contributed by atoms with E-state index in [2.05, 4.69) is 17.7 Å². The monoisotopic (exact) mass is 309 g/mol. The molecule has 0 heterocycles. The third-order valence-electron chi connectivity index (χ3n) is 2.45. The topological polar surface area (TPSA) is 48.0 Å². The second-order valence-electron chi connectivity index (χ2n) is 5.94. The Morgan fingerprint density at radius 3 is 1.67 bits per heavy atom. The minimum atomic E-state index is -2.45. The van der Waals surface area contributed by atoms with E-state index in [0.29, 0.717) is 0 Å². The lowest BCUT2D eigenvalue weighted by atomic mass is 10.9. The van der Waals surface area contributed by atoms with Gasteiger partial charge in [0.25, 0.3) is 14.4 Å². The Morgan fingerprint density at radius 2 is 1.33 bits per heavy atom. The maximum Gasteiger partial charge on any atom is 0.386 e. The van der Waals surface area contributed by atoms with Crippen molar-refractivity contribution >= 4 is 31.6 Å². The first-order chi connectivity index (χ1) is 7.77. The zero-order valence-corrected chi connectivity index (χ0v) is 16.1. The van der Waals surface area contributed by atoms with E-state index in [1.54, 1.807) is 0 Å². The SMILES string of the molecule is CC(=O)O[Si](C)(C)O[Si](C)(C)O[Si](C)(C)N(C)C. The fourth-order valence-corrected chi connectivity index (χ4v) is 13.4. The molecule has 8 heteroatoms. The van der Waals surface area contributed by atoms with Crippen molar-refractivity contribution in [2.45, 2.75) is 46.2 Å². The van der Waals surface area contributed by atoms with Crippen LogP contribution in [0.4, 0.5) is 0 Å². The van der Waals surface area contributed by atoms with Gasteiger partial charge in [0.2, 0.25) is 0 Å². The summed E-state index contributed by atoms with van der Waals surface area (Å²) in [6, 6.07) is 0. The van der Waals surface area contributed by atoms with Gasteiger partial charge in [0.05, 0.1) is 0 Å². The number of rotatable bonds is 6. The van der Waals surface area contributed by atoms with Crippen molar-refractivity contribution in [2.24, 2.45) is 0 Å². The van der Waals surface area contributed by atoms with Gasteiger partial charge in [-0.3, -0.25) is 4.79 Å². The molecule has 0 atom stereocenters. The second kappa shape index (κ2) is 5.97. The molecule has 0 N–H and O–H groups in total. The number of carbonyl (C=O) groups excluding carboxylic acids is 1. The van der Waals surface area contributed by atoms with Crippen LogP contribution in [0.15, 0.2) is 0 Å². The molecule has 0 aromatic rings. The summed E-state index contributed by atoms with van der Waals surface area (Å²) >= 11 is 0. The number of hydrogen-bond acceptors (Lipinski definition) is 5. The van der Waals surface area contributed by atoms with Crippen LogP contribution in [-0.4, -0.2) is 50.2 Å². The third kappa shape index (κ3) is 6.81. The average Bonchev–Trinajstić information content (AvgIpc) is 1.94. The van der Waals surface area contributed by atoms with E-state index in [0.717, 1.165) is 0 Å². The lowest BCUT2D eigenvalue weighted by molar-refractivity contribution is -0.133. The zero-order chi connectivity index (χ0) is 14.8. The van der Waals surface area contributed by atoms with E-state index in [1.165, 1.54) is 6.92 Å². The molecular formula is C10H27NO4Si3. The summed E-state index contributed by atoms with van der Waals surface area (Å²) in [4.78, 5) is 11.0. The predicted octanol–water partition coefficient (Wildman–Crippen LogP) is 2.25. The van der Waals surface area contributed by atoms with Crippen molar-refractivity contribution in [3.05, 3.63) is 0 Å². The Balaban J connectivity index is 4.70. The Hall–Kier alpha value is 0.000649. The van der Waals surface area contributed by atoms with E-state index in [9.17, 15) is 4.79 Å². The van der Waals surface area contributed by atoms with Crippen LogP contribution in [0, 0.1) is 0 Å². The van der Waals surface area contributed by atoms with Crippen molar-refractivity contribution in [1.82, 2.24) is 4.57 Å². The number of hydrogen-bond donors (Lipinski definition) is 0. The molecule has 0 aromatic heterocycles. The van der Waals surface area contributed by atoms with E-state index in [1.807, 2.05) is 40.3 Å². The highest BCUT2D eigenvalue weighted by Gasteiger charge is 2.43. The Morgan fingerprint density at radius 1 is 0.889 bits per heavy atom. The first kappa shape index (κ1) is 18.0. The maximum absolute atomic E-state index is 11.0. The molecule has 0 radical (unpaired) electrons. The van der Waals surface area contributed by atoms with Gasteiger partial charge < -0.3 is 17.2 Å². The third-order valence-corrected chi connectivity index (χ3v) is 13.3. The fourth-order valence-electron chi connectivity index (χ4n) is 1.67. The smallest absolute Gasteiger partial charge is 0.386 e. The molecule has 0 amide bonds. The Kier molecular flexibility index (Phi) is 5.97. The maximum atomic E-state index is 11.0. The largest absolute Gasteiger partial charge is 0.495 e. The van der Waals surface area contributed by atoms with Crippen LogP contribution in [0.3, 0.4) is 0 Å².